The standard InChI is InChI=1S/C33H36N4O8/c1-18(34-30(39)31-36-35-19(2)44-31)29(22-9-7-21(8-10-22)20-5-6-20)45-25-11-12-26(33(41)42)27(15-25)23-4-3-13-37(16-23)32(40)24-14-28(38)43-17-24/h7-12,15,18,20,23-24,29H,3-6,13-14,16-17H2,1-2H3,(H,34,39)(H,41,42)/t18-,23+,24+,29-/m0/s1. The van der Waals surface area contributed by atoms with Crippen molar-refractivity contribution in [3.05, 3.63) is 76.5 Å². The van der Waals surface area contributed by atoms with Gasteiger partial charge in [-0.2, -0.15) is 0 Å². The van der Waals surface area contributed by atoms with E-state index in [-0.39, 0.29) is 48.2 Å². The van der Waals surface area contributed by atoms with Crippen LogP contribution in [0.1, 0.15) is 101 Å². The number of aromatic carboxylic acids is 1. The molecule has 236 valence electrons. The second-order valence-corrected chi connectivity index (χ2v) is 12.1. The zero-order valence-corrected chi connectivity index (χ0v) is 25.2. The lowest BCUT2D eigenvalue weighted by Gasteiger charge is -2.35. The molecule has 6 rings (SSSR count). The molecule has 12 heteroatoms. The Morgan fingerprint density at radius 3 is 2.49 bits per heavy atom. The summed E-state index contributed by atoms with van der Waals surface area (Å²) in [5.41, 5.74) is 2.80. The highest BCUT2D eigenvalue weighted by atomic mass is 16.5. The summed E-state index contributed by atoms with van der Waals surface area (Å²) in [6.07, 6.45) is 3.15. The van der Waals surface area contributed by atoms with Crippen molar-refractivity contribution in [3.8, 4) is 5.75 Å². The van der Waals surface area contributed by atoms with Gasteiger partial charge in [-0.15, -0.1) is 10.2 Å². The Bertz CT molecular complexity index is 1600. The minimum atomic E-state index is -1.07. The number of carboxylic acids is 1. The third-order valence-electron chi connectivity index (χ3n) is 8.74. The second kappa shape index (κ2) is 12.7. The van der Waals surface area contributed by atoms with Crippen molar-refractivity contribution in [1.29, 1.82) is 0 Å². The number of esters is 1. The van der Waals surface area contributed by atoms with Crippen LogP contribution in [0.4, 0.5) is 0 Å². The molecule has 0 spiro atoms. The molecule has 45 heavy (non-hydrogen) atoms. The molecule has 2 amide bonds. The Hall–Kier alpha value is -4.74. The summed E-state index contributed by atoms with van der Waals surface area (Å²) in [4.78, 5) is 51.7. The van der Waals surface area contributed by atoms with Crippen molar-refractivity contribution < 1.29 is 38.2 Å². The van der Waals surface area contributed by atoms with Gasteiger partial charge in [-0.3, -0.25) is 14.4 Å². The summed E-state index contributed by atoms with van der Waals surface area (Å²) < 4.78 is 16.8. The molecule has 2 aliphatic heterocycles. The maximum atomic E-state index is 13.2. The first kappa shape index (κ1) is 30.3. The molecule has 0 unspecified atom stereocenters. The van der Waals surface area contributed by atoms with Gasteiger partial charge in [0.15, 0.2) is 0 Å². The van der Waals surface area contributed by atoms with E-state index in [1.165, 1.54) is 24.5 Å². The molecule has 2 saturated heterocycles. The van der Waals surface area contributed by atoms with E-state index in [9.17, 15) is 24.3 Å². The molecule has 1 aromatic heterocycles. The number of aryl methyl sites for hydroxylation is 1. The Labute approximate surface area is 260 Å². The van der Waals surface area contributed by atoms with Gasteiger partial charge in [0.05, 0.1) is 23.9 Å². The topological polar surface area (TPSA) is 161 Å². The number of amides is 2. The number of hydrogen-bond donors (Lipinski definition) is 2. The molecule has 3 aliphatic rings. The molecule has 4 atom stereocenters. The number of carboxylic acid groups (broad SMARTS) is 1. The first-order chi connectivity index (χ1) is 21.7. The third-order valence-corrected chi connectivity index (χ3v) is 8.74. The summed E-state index contributed by atoms with van der Waals surface area (Å²) >= 11 is 0. The Morgan fingerprint density at radius 2 is 1.84 bits per heavy atom. The zero-order valence-electron chi connectivity index (χ0n) is 25.2. The van der Waals surface area contributed by atoms with Gasteiger partial charge in [0.1, 0.15) is 18.5 Å². The average Bonchev–Trinajstić information content (AvgIpc) is 3.65. The van der Waals surface area contributed by atoms with Gasteiger partial charge in [-0.1, -0.05) is 24.3 Å². The lowest BCUT2D eigenvalue weighted by Crippen LogP contribution is -2.42. The molecule has 3 heterocycles. The first-order valence-electron chi connectivity index (χ1n) is 15.4. The van der Waals surface area contributed by atoms with Crippen molar-refractivity contribution in [2.45, 2.75) is 69.9 Å². The monoisotopic (exact) mass is 616 g/mol. The number of nitrogens with one attached hydrogen (secondary N) is 1. The Morgan fingerprint density at radius 1 is 1.07 bits per heavy atom. The number of rotatable bonds is 10. The van der Waals surface area contributed by atoms with E-state index < -0.39 is 29.9 Å². The van der Waals surface area contributed by atoms with E-state index in [1.807, 2.05) is 19.1 Å². The maximum absolute atomic E-state index is 13.2. The van der Waals surface area contributed by atoms with Crippen LogP contribution in [0, 0.1) is 12.8 Å². The van der Waals surface area contributed by atoms with E-state index in [0.29, 0.717) is 43.2 Å². The van der Waals surface area contributed by atoms with Gasteiger partial charge in [-0.25, -0.2) is 4.79 Å². The normalized spacial score (nSPS) is 21.1. The molecule has 1 aliphatic carbocycles. The summed E-state index contributed by atoms with van der Waals surface area (Å²) in [6.45, 7) is 4.36. The number of carbonyl (C=O) groups is 4. The number of nitrogens with zero attached hydrogens (tertiary/aromatic N) is 3. The van der Waals surface area contributed by atoms with Crippen LogP contribution in [-0.4, -0.2) is 69.7 Å². The quantitative estimate of drug-likeness (QED) is 0.317. The van der Waals surface area contributed by atoms with Crippen LogP contribution in [0.15, 0.2) is 46.9 Å². The van der Waals surface area contributed by atoms with Gasteiger partial charge < -0.3 is 29.2 Å². The van der Waals surface area contributed by atoms with E-state index >= 15 is 0 Å². The minimum absolute atomic E-state index is 0.0630. The Kier molecular flexibility index (Phi) is 8.55. The second-order valence-electron chi connectivity index (χ2n) is 12.1. The molecule has 0 bridgehead atoms. The number of aromatic nitrogens is 2. The fraction of sp³-hybridized carbons (Fsp3) is 0.455. The fourth-order valence-corrected chi connectivity index (χ4v) is 6.22. The van der Waals surface area contributed by atoms with Crippen LogP contribution in [0.25, 0.3) is 0 Å². The number of piperidine rings is 1. The first-order valence-corrected chi connectivity index (χ1v) is 15.4. The molecule has 3 fully saturated rings. The van der Waals surface area contributed by atoms with E-state index in [0.717, 1.165) is 5.56 Å². The summed E-state index contributed by atoms with van der Waals surface area (Å²) in [7, 11) is 0. The van der Waals surface area contributed by atoms with Crippen molar-refractivity contribution in [2.75, 3.05) is 19.7 Å². The minimum Gasteiger partial charge on any atom is -0.484 e. The highest BCUT2D eigenvalue weighted by Crippen LogP contribution is 2.41. The van der Waals surface area contributed by atoms with E-state index in [2.05, 4.69) is 27.6 Å². The van der Waals surface area contributed by atoms with Crippen molar-refractivity contribution >= 4 is 23.8 Å². The number of hydrogen-bond acceptors (Lipinski definition) is 9. The van der Waals surface area contributed by atoms with Crippen LogP contribution in [0.3, 0.4) is 0 Å². The summed E-state index contributed by atoms with van der Waals surface area (Å²) in [5, 5.41) is 20.5. The van der Waals surface area contributed by atoms with Crippen molar-refractivity contribution in [1.82, 2.24) is 20.4 Å². The fourth-order valence-electron chi connectivity index (χ4n) is 6.22. The number of carbonyl (C=O) groups excluding carboxylic acids is 3. The van der Waals surface area contributed by atoms with E-state index in [1.54, 1.807) is 24.0 Å². The van der Waals surface area contributed by atoms with E-state index in [4.69, 9.17) is 13.9 Å². The maximum Gasteiger partial charge on any atom is 0.335 e. The van der Waals surface area contributed by atoms with Gasteiger partial charge >= 0.3 is 23.7 Å². The lowest BCUT2D eigenvalue weighted by atomic mass is 9.86. The van der Waals surface area contributed by atoms with Gasteiger partial charge in [0, 0.05) is 25.9 Å². The highest BCUT2D eigenvalue weighted by molar-refractivity contribution is 5.90. The van der Waals surface area contributed by atoms with Crippen LogP contribution in [0.5, 0.6) is 5.75 Å². The van der Waals surface area contributed by atoms with Gasteiger partial charge in [0.2, 0.25) is 11.8 Å². The predicted octanol–water partition coefficient (Wildman–Crippen LogP) is 4.16. The van der Waals surface area contributed by atoms with Crippen LogP contribution >= 0.6 is 0 Å². The number of cyclic esters (lactones) is 1. The third kappa shape index (κ3) is 6.84. The molecule has 0 radical (unpaired) electrons. The van der Waals surface area contributed by atoms with Crippen molar-refractivity contribution in [2.24, 2.45) is 5.92 Å². The summed E-state index contributed by atoms with van der Waals surface area (Å²) in [5.74, 6) is -1.76. The van der Waals surface area contributed by atoms with Crippen molar-refractivity contribution in [3.63, 3.8) is 0 Å². The van der Waals surface area contributed by atoms with Gasteiger partial charge in [-0.05, 0) is 73.4 Å². The number of ether oxygens (including phenoxy) is 2. The number of likely N-dealkylation sites (tertiary alicyclic amines) is 1. The van der Waals surface area contributed by atoms with Crippen LogP contribution < -0.4 is 10.1 Å². The predicted molar refractivity (Wildman–Crippen MR) is 159 cm³/mol. The van der Waals surface area contributed by atoms with Crippen LogP contribution in [-0.2, 0) is 14.3 Å². The zero-order chi connectivity index (χ0) is 31.7. The Balaban J connectivity index is 1.26. The molecule has 12 nitrogen and oxygen atoms in total. The summed E-state index contributed by atoms with van der Waals surface area (Å²) in [6, 6.07) is 12.5. The lowest BCUT2D eigenvalue weighted by molar-refractivity contribution is -0.138. The molecular weight excluding hydrogens is 580 g/mol. The molecule has 2 N–H and O–H groups in total. The smallest absolute Gasteiger partial charge is 0.335 e. The highest BCUT2D eigenvalue weighted by Gasteiger charge is 2.36. The van der Waals surface area contributed by atoms with Gasteiger partial charge in [0.25, 0.3) is 0 Å². The average molecular weight is 617 g/mol. The largest absolute Gasteiger partial charge is 0.484 e. The number of benzene rings is 2. The van der Waals surface area contributed by atoms with Crippen LogP contribution in [0.2, 0.25) is 0 Å². The molecule has 1 saturated carbocycles. The molecule has 2 aromatic carbocycles. The SMILES string of the molecule is Cc1nnc(C(=O)N[C@@H](C)[C@H](Oc2ccc(C(=O)O)c([C@@H]3CCCN(C(=O)[C@H]4COC(=O)C4)C3)c2)c2ccc(C3CC3)cc2)o1. The molecule has 3 aromatic rings. The molecular formula is C33H36N4O8.